The van der Waals surface area contributed by atoms with Gasteiger partial charge < -0.3 is 20.7 Å². The zero-order valence-electron chi connectivity index (χ0n) is 13.6. The molecule has 2 rings (SSSR count). The number of amides is 2. The number of nitrogens with one attached hydrogen (secondary N) is 3. The molecule has 1 aromatic heterocycles. The lowest BCUT2D eigenvalue weighted by molar-refractivity contribution is 0.0949. The Hall–Kier alpha value is -3.09. The Morgan fingerprint density at radius 3 is 2.50 bits per heavy atom. The summed E-state index contributed by atoms with van der Waals surface area (Å²) in [5, 5.41) is 8.41. The van der Waals surface area contributed by atoms with Crippen LogP contribution >= 0.6 is 0 Å². The predicted molar refractivity (Wildman–Crippen MR) is 91.4 cm³/mol. The molecule has 0 radical (unpaired) electrons. The van der Waals surface area contributed by atoms with E-state index in [1.165, 1.54) is 0 Å². The van der Waals surface area contributed by atoms with Crippen LogP contribution in [-0.4, -0.2) is 44.0 Å². The van der Waals surface area contributed by atoms with Crippen molar-refractivity contribution in [2.75, 3.05) is 32.6 Å². The first-order valence-electron chi connectivity index (χ1n) is 7.49. The fourth-order valence-corrected chi connectivity index (χ4v) is 2.07. The Morgan fingerprint density at radius 1 is 1.08 bits per heavy atom. The highest BCUT2D eigenvalue weighted by Gasteiger charge is 2.10. The minimum Gasteiger partial charge on any atom is -0.497 e. The van der Waals surface area contributed by atoms with Crippen molar-refractivity contribution >= 4 is 17.6 Å². The minimum atomic E-state index is -0.215. The fourth-order valence-electron chi connectivity index (χ4n) is 2.07. The van der Waals surface area contributed by atoms with Crippen molar-refractivity contribution in [3.8, 4) is 5.75 Å². The standard InChI is InChI=1S/C17H20N4O3/c1-18-17(23)14-4-3-9-19-15(14)20-10-11-21-16(22)12-5-7-13(24-2)8-6-12/h3-9H,10-11H2,1-2H3,(H,18,23)(H,19,20)(H,21,22). The van der Waals surface area contributed by atoms with Gasteiger partial charge >= 0.3 is 0 Å². The van der Waals surface area contributed by atoms with Gasteiger partial charge in [0.1, 0.15) is 11.6 Å². The Kier molecular flexibility index (Phi) is 6.13. The number of hydrogen-bond donors (Lipinski definition) is 3. The van der Waals surface area contributed by atoms with Crippen molar-refractivity contribution in [2.45, 2.75) is 0 Å². The third kappa shape index (κ3) is 4.45. The van der Waals surface area contributed by atoms with Crippen LogP contribution in [0.2, 0.25) is 0 Å². The van der Waals surface area contributed by atoms with E-state index in [1.54, 1.807) is 56.8 Å². The van der Waals surface area contributed by atoms with Gasteiger partial charge in [-0.3, -0.25) is 9.59 Å². The average Bonchev–Trinajstić information content (AvgIpc) is 2.64. The van der Waals surface area contributed by atoms with Gasteiger partial charge in [-0.05, 0) is 36.4 Å². The molecule has 1 heterocycles. The number of rotatable bonds is 7. The van der Waals surface area contributed by atoms with Crippen LogP contribution in [0.15, 0.2) is 42.6 Å². The topological polar surface area (TPSA) is 92.4 Å². The lowest BCUT2D eigenvalue weighted by atomic mass is 10.2. The number of aromatic nitrogens is 1. The Balaban J connectivity index is 1.84. The lowest BCUT2D eigenvalue weighted by Gasteiger charge is -2.10. The number of ether oxygens (including phenoxy) is 1. The van der Waals surface area contributed by atoms with Gasteiger partial charge in [-0.1, -0.05) is 0 Å². The molecule has 7 heteroatoms. The molecule has 126 valence electrons. The van der Waals surface area contributed by atoms with E-state index >= 15 is 0 Å². The highest BCUT2D eigenvalue weighted by Crippen LogP contribution is 2.11. The molecule has 0 spiro atoms. The van der Waals surface area contributed by atoms with Gasteiger partial charge in [-0.15, -0.1) is 0 Å². The summed E-state index contributed by atoms with van der Waals surface area (Å²) in [4.78, 5) is 27.9. The second-order valence-electron chi connectivity index (χ2n) is 4.89. The van der Waals surface area contributed by atoms with Crippen LogP contribution in [0.4, 0.5) is 5.82 Å². The summed E-state index contributed by atoms with van der Waals surface area (Å²) in [5.74, 6) is 0.792. The minimum absolute atomic E-state index is 0.174. The molecule has 0 unspecified atom stereocenters. The van der Waals surface area contributed by atoms with Crippen molar-refractivity contribution < 1.29 is 14.3 Å². The number of hydrogen-bond acceptors (Lipinski definition) is 5. The highest BCUT2D eigenvalue weighted by molar-refractivity contribution is 5.98. The molecule has 2 aromatic rings. The largest absolute Gasteiger partial charge is 0.497 e. The molecule has 0 aliphatic rings. The van der Waals surface area contributed by atoms with E-state index in [0.717, 1.165) is 0 Å². The van der Waals surface area contributed by atoms with Gasteiger partial charge in [0, 0.05) is 31.9 Å². The second-order valence-corrected chi connectivity index (χ2v) is 4.89. The summed E-state index contributed by atoms with van der Waals surface area (Å²) in [7, 11) is 3.14. The van der Waals surface area contributed by atoms with Crippen LogP contribution in [-0.2, 0) is 0 Å². The maximum atomic E-state index is 12.0. The monoisotopic (exact) mass is 328 g/mol. The van der Waals surface area contributed by atoms with Crippen LogP contribution in [0.3, 0.4) is 0 Å². The van der Waals surface area contributed by atoms with E-state index in [0.29, 0.717) is 35.8 Å². The molecular weight excluding hydrogens is 308 g/mol. The SMILES string of the molecule is CNC(=O)c1cccnc1NCCNC(=O)c1ccc(OC)cc1. The summed E-state index contributed by atoms with van der Waals surface area (Å²) < 4.78 is 5.05. The number of benzene rings is 1. The number of carbonyl (C=O) groups is 2. The van der Waals surface area contributed by atoms with E-state index < -0.39 is 0 Å². The Labute approximate surface area is 140 Å². The van der Waals surface area contributed by atoms with Crippen molar-refractivity contribution in [1.82, 2.24) is 15.6 Å². The maximum absolute atomic E-state index is 12.0. The number of pyridine rings is 1. The molecule has 0 fully saturated rings. The molecular formula is C17H20N4O3. The third-order valence-electron chi connectivity index (χ3n) is 3.33. The van der Waals surface area contributed by atoms with Crippen molar-refractivity contribution in [3.63, 3.8) is 0 Å². The second kappa shape index (κ2) is 8.52. The van der Waals surface area contributed by atoms with Crippen molar-refractivity contribution in [3.05, 3.63) is 53.7 Å². The summed E-state index contributed by atoms with van der Waals surface area (Å²) in [6.07, 6.45) is 1.60. The highest BCUT2D eigenvalue weighted by atomic mass is 16.5. The molecule has 0 bridgehead atoms. The Bertz CT molecular complexity index is 701. The van der Waals surface area contributed by atoms with E-state index in [9.17, 15) is 9.59 Å². The number of carbonyl (C=O) groups excluding carboxylic acids is 2. The molecule has 24 heavy (non-hydrogen) atoms. The molecule has 1 aromatic carbocycles. The van der Waals surface area contributed by atoms with Crippen molar-refractivity contribution in [1.29, 1.82) is 0 Å². The summed E-state index contributed by atoms with van der Waals surface area (Å²) in [6.45, 7) is 0.845. The van der Waals surface area contributed by atoms with Crippen LogP contribution in [0, 0.1) is 0 Å². The van der Waals surface area contributed by atoms with E-state index in [2.05, 4.69) is 20.9 Å². The van der Waals surface area contributed by atoms with E-state index in [4.69, 9.17) is 4.74 Å². The molecule has 0 saturated heterocycles. The molecule has 0 saturated carbocycles. The molecule has 0 atom stereocenters. The maximum Gasteiger partial charge on any atom is 0.254 e. The van der Waals surface area contributed by atoms with Gasteiger partial charge in [0.15, 0.2) is 0 Å². The van der Waals surface area contributed by atoms with Crippen LogP contribution in [0.5, 0.6) is 5.75 Å². The zero-order chi connectivity index (χ0) is 17.4. The number of anilines is 1. The molecule has 0 aliphatic heterocycles. The summed E-state index contributed by atoms with van der Waals surface area (Å²) in [5.41, 5.74) is 1.01. The summed E-state index contributed by atoms with van der Waals surface area (Å²) in [6, 6.07) is 10.2. The van der Waals surface area contributed by atoms with Gasteiger partial charge in [0.05, 0.1) is 12.7 Å². The molecule has 0 aliphatic carbocycles. The number of methoxy groups -OCH3 is 1. The fraction of sp³-hybridized carbons (Fsp3) is 0.235. The molecule has 2 amide bonds. The zero-order valence-corrected chi connectivity index (χ0v) is 13.6. The lowest BCUT2D eigenvalue weighted by Crippen LogP contribution is -2.29. The summed E-state index contributed by atoms with van der Waals surface area (Å²) >= 11 is 0. The van der Waals surface area contributed by atoms with E-state index in [-0.39, 0.29) is 11.8 Å². The van der Waals surface area contributed by atoms with Gasteiger partial charge in [-0.25, -0.2) is 4.98 Å². The first-order chi connectivity index (χ1) is 11.7. The average molecular weight is 328 g/mol. The van der Waals surface area contributed by atoms with Crippen LogP contribution in [0.1, 0.15) is 20.7 Å². The third-order valence-corrected chi connectivity index (χ3v) is 3.33. The van der Waals surface area contributed by atoms with Gasteiger partial charge in [0.2, 0.25) is 0 Å². The van der Waals surface area contributed by atoms with Crippen LogP contribution in [0.25, 0.3) is 0 Å². The van der Waals surface area contributed by atoms with Gasteiger partial charge in [-0.2, -0.15) is 0 Å². The van der Waals surface area contributed by atoms with Crippen LogP contribution < -0.4 is 20.7 Å². The number of nitrogens with zero attached hydrogens (tertiary/aromatic N) is 1. The first-order valence-corrected chi connectivity index (χ1v) is 7.49. The van der Waals surface area contributed by atoms with E-state index in [1.807, 2.05) is 0 Å². The predicted octanol–water partition coefficient (Wildman–Crippen LogP) is 1.29. The normalized spacial score (nSPS) is 9.92. The smallest absolute Gasteiger partial charge is 0.254 e. The van der Waals surface area contributed by atoms with Gasteiger partial charge in [0.25, 0.3) is 11.8 Å². The first kappa shape index (κ1) is 17.3. The molecule has 7 nitrogen and oxygen atoms in total. The molecule has 3 N–H and O–H groups in total. The quantitative estimate of drug-likeness (QED) is 0.666. The Morgan fingerprint density at radius 2 is 1.83 bits per heavy atom. The van der Waals surface area contributed by atoms with Crippen molar-refractivity contribution in [2.24, 2.45) is 0 Å².